The highest BCUT2D eigenvalue weighted by atomic mass is 16.6. The standard InChI is InChI=1S/C28H22N4O10/c1-15(33)30-21-8-3-2-5-17(21)14-41-18-7-4-6-16(13-18)19-11-12-40-25(19)28(37)42-27(36)20-9-10-22(34)24(32(38)39)23(20)26(35)31-29/h2-13,34H,14,29H2,1H3,(H,30,33)(H,31,35). The SMILES string of the molecule is CC(=O)Nc1ccccc1COc1cccc(-c2ccoc2C(=O)OC(=O)c2ccc(O)c([N+](=O)[O-])c2C(=O)NN)c1. The van der Waals surface area contributed by atoms with Crippen molar-refractivity contribution in [2.45, 2.75) is 13.5 Å². The number of hydrogen-bond donors (Lipinski definition) is 4. The Labute approximate surface area is 236 Å². The van der Waals surface area contributed by atoms with Crippen molar-refractivity contribution in [3.05, 3.63) is 106 Å². The third kappa shape index (κ3) is 6.24. The topological polar surface area (TPSA) is 213 Å². The summed E-state index contributed by atoms with van der Waals surface area (Å²) in [4.78, 5) is 59.8. The highest BCUT2D eigenvalue weighted by Gasteiger charge is 2.33. The number of nitro benzene ring substituents is 1. The van der Waals surface area contributed by atoms with E-state index in [-0.39, 0.29) is 23.8 Å². The number of furan rings is 1. The first-order valence-electron chi connectivity index (χ1n) is 12.0. The van der Waals surface area contributed by atoms with Crippen LogP contribution in [0.25, 0.3) is 11.1 Å². The number of rotatable bonds is 9. The monoisotopic (exact) mass is 574 g/mol. The van der Waals surface area contributed by atoms with Gasteiger partial charge >= 0.3 is 17.6 Å². The highest BCUT2D eigenvalue weighted by Crippen LogP contribution is 2.34. The van der Waals surface area contributed by atoms with E-state index in [9.17, 15) is 34.4 Å². The summed E-state index contributed by atoms with van der Waals surface area (Å²) < 4.78 is 16.0. The van der Waals surface area contributed by atoms with Gasteiger partial charge in [-0.25, -0.2) is 15.4 Å². The minimum absolute atomic E-state index is 0.117. The zero-order valence-electron chi connectivity index (χ0n) is 21.8. The van der Waals surface area contributed by atoms with E-state index >= 15 is 0 Å². The normalized spacial score (nSPS) is 10.4. The van der Waals surface area contributed by atoms with Crippen molar-refractivity contribution in [1.82, 2.24) is 5.43 Å². The van der Waals surface area contributed by atoms with Crippen LogP contribution in [-0.2, 0) is 16.1 Å². The average molecular weight is 575 g/mol. The molecule has 0 aliphatic carbocycles. The van der Waals surface area contributed by atoms with Crippen molar-refractivity contribution >= 4 is 35.1 Å². The summed E-state index contributed by atoms with van der Waals surface area (Å²) in [6, 6.07) is 16.8. The van der Waals surface area contributed by atoms with Gasteiger partial charge in [-0.05, 0) is 42.0 Å². The lowest BCUT2D eigenvalue weighted by molar-refractivity contribution is -0.386. The van der Waals surface area contributed by atoms with E-state index in [4.69, 9.17) is 19.7 Å². The van der Waals surface area contributed by atoms with Crippen LogP contribution in [0, 0.1) is 10.1 Å². The van der Waals surface area contributed by atoms with Gasteiger partial charge in [0.2, 0.25) is 11.7 Å². The van der Waals surface area contributed by atoms with Crippen LogP contribution in [0.3, 0.4) is 0 Å². The first kappa shape index (κ1) is 29.0. The molecule has 0 aliphatic rings. The number of anilines is 1. The Bertz CT molecular complexity index is 1710. The van der Waals surface area contributed by atoms with Gasteiger partial charge in [-0.2, -0.15) is 0 Å². The number of carbonyl (C=O) groups excluding carboxylic acids is 4. The Balaban J connectivity index is 1.56. The minimum Gasteiger partial charge on any atom is -0.502 e. The van der Waals surface area contributed by atoms with E-state index in [1.807, 2.05) is 0 Å². The Morgan fingerprint density at radius 2 is 1.79 bits per heavy atom. The average Bonchev–Trinajstić information content (AvgIpc) is 3.46. The number of ether oxygens (including phenoxy) is 2. The molecule has 0 bridgehead atoms. The van der Waals surface area contributed by atoms with Crippen molar-refractivity contribution < 1.29 is 43.1 Å². The number of nitro groups is 1. The molecule has 0 spiro atoms. The number of hydrazine groups is 1. The summed E-state index contributed by atoms with van der Waals surface area (Å²) in [5, 5.41) is 24.0. The second-order valence-corrected chi connectivity index (χ2v) is 8.58. The van der Waals surface area contributed by atoms with Gasteiger partial charge < -0.3 is 24.3 Å². The van der Waals surface area contributed by atoms with Crippen LogP contribution in [0.15, 0.2) is 77.4 Å². The molecule has 4 aromatic rings. The van der Waals surface area contributed by atoms with Crippen LogP contribution in [0.5, 0.6) is 11.5 Å². The van der Waals surface area contributed by atoms with Crippen molar-refractivity contribution in [2.24, 2.45) is 5.84 Å². The molecular weight excluding hydrogens is 552 g/mol. The van der Waals surface area contributed by atoms with E-state index in [1.54, 1.807) is 54.0 Å². The molecule has 14 nitrogen and oxygen atoms in total. The maximum atomic E-state index is 12.9. The summed E-state index contributed by atoms with van der Waals surface area (Å²) in [6.07, 6.45) is 1.19. The number of nitrogens with one attached hydrogen (secondary N) is 2. The number of aromatic hydroxyl groups is 1. The van der Waals surface area contributed by atoms with Gasteiger partial charge in [-0.15, -0.1) is 0 Å². The van der Waals surface area contributed by atoms with Gasteiger partial charge in [0.05, 0.1) is 16.7 Å². The molecule has 1 aromatic heterocycles. The second kappa shape index (κ2) is 12.4. The zero-order valence-corrected chi connectivity index (χ0v) is 21.8. The Kier molecular flexibility index (Phi) is 8.58. The number of phenolic OH excluding ortho intramolecular Hbond substituents is 1. The number of phenols is 1. The molecule has 1 heterocycles. The van der Waals surface area contributed by atoms with Gasteiger partial charge in [0, 0.05) is 23.7 Å². The summed E-state index contributed by atoms with van der Waals surface area (Å²) in [7, 11) is 0. The van der Waals surface area contributed by atoms with E-state index in [2.05, 4.69) is 5.32 Å². The van der Waals surface area contributed by atoms with Crippen LogP contribution in [0.1, 0.15) is 43.8 Å². The number of nitrogen functional groups attached to an aromatic ring is 1. The molecule has 14 heteroatoms. The van der Waals surface area contributed by atoms with E-state index in [0.717, 1.165) is 17.7 Å². The predicted octanol–water partition coefficient (Wildman–Crippen LogP) is 3.70. The molecule has 4 rings (SSSR count). The fourth-order valence-electron chi connectivity index (χ4n) is 3.99. The molecule has 0 fully saturated rings. The molecule has 0 radical (unpaired) electrons. The zero-order chi connectivity index (χ0) is 30.4. The lowest BCUT2D eigenvalue weighted by Crippen LogP contribution is -2.32. The van der Waals surface area contributed by atoms with Crippen molar-refractivity contribution in [3.63, 3.8) is 0 Å². The van der Waals surface area contributed by atoms with Gasteiger partial charge in [-0.3, -0.25) is 25.1 Å². The van der Waals surface area contributed by atoms with Crippen molar-refractivity contribution in [1.29, 1.82) is 0 Å². The number of nitrogens with zero attached hydrogens (tertiary/aromatic N) is 1. The van der Waals surface area contributed by atoms with Gasteiger partial charge in [-0.1, -0.05) is 30.3 Å². The Hall–Kier alpha value is -6.02. The maximum absolute atomic E-state index is 12.9. The lowest BCUT2D eigenvalue weighted by atomic mass is 10.0. The van der Waals surface area contributed by atoms with Crippen LogP contribution in [0.4, 0.5) is 11.4 Å². The number of esters is 2. The molecule has 0 saturated carbocycles. The first-order chi connectivity index (χ1) is 20.1. The van der Waals surface area contributed by atoms with E-state index in [0.29, 0.717) is 17.0 Å². The number of amides is 2. The molecule has 0 unspecified atom stereocenters. The molecule has 0 saturated heterocycles. The fraction of sp³-hybridized carbons (Fsp3) is 0.0714. The van der Waals surface area contributed by atoms with Crippen molar-refractivity contribution in [3.8, 4) is 22.6 Å². The number of carbonyl (C=O) groups is 4. The smallest absolute Gasteiger partial charge is 0.382 e. The van der Waals surface area contributed by atoms with Crippen LogP contribution >= 0.6 is 0 Å². The van der Waals surface area contributed by atoms with Crippen LogP contribution in [-0.4, -0.2) is 33.8 Å². The third-order valence-corrected chi connectivity index (χ3v) is 5.82. The Morgan fingerprint density at radius 1 is 1.02 bits per heavy atom. The largest absolute Gasteiger partial charge is 0.502 e. The summed E-state index contributed by atoms with van der Waals surface area (Å²) in [6.45, 7) is 1.51. The van der Waals surface area contributed by atoms with E-state index < -0.39 is 45.3 Å². The number of para-hydroxylation sites is 1. The molecule has 42 heavy (non-hydrogen) atoms. The second-order valence-electron chi connectivity index (χ2n) is 8.58. The van der Waals surface area contributed by atoms with Gasteiger partial charge in [0.15, 0.2) is 5.75 Å². The fourth-order valence-corrected chi connectivity index (χ4v) is 3.99. The molecule has 0 atom stereocenters. The van der Waals surface area contributed by atoms with Crippen LogP contribution < -0.4 is 21.3 Å². The van der Waals surface area contributed by atoms with Gasteiger partial charge in [0.25, 0.3) is 5.91 Å². The predicted molar refractivity (Wildman–Crippen MR) is 145 cm³/mol. The maximum Gasteiger partial charge on any atom is 0.382 e. The minimum atomic E-state index is -1.43. The first-order valence-corrected chi connectivity index (χ1v) is 12.0. The number of nitrogens with two attached hydrogens (primary N) is 1. The number of benzene rings is 3. The molecule has 3 aromatic carbocycles. The molecular formula is C28H22N4O10. The molecule has 2 amide bonds. The quantitative estimate of drug-likeness (QED) is 0.0565. The van der Waals surface area contributed by atoms with Crippen molar-refractivity contribution in [2.75, 3.05) is 5.32 Å². The Morgan fingerprint density at radius 3 is 2.50 bits per heavy atom. The lowest BCUT2D eigenvalue weighted by Gasteiger charge is -2.12. The molecule has 0 aliphatic heterocycles. The number of hydrogen-bond acceptors (Lipinski definition) is 11. The molecule has 214 valence electrons. The highest BCUT2D eigenvalue weighted by molar-refractivity contribution is 6.12. The molecule has 5 N–H and O–H groups in total. The third-order valence-electron chi connectivity index (χ3n) is 5.82. The summed E-state index contributed by atoms with van der Waals surface area (Å²) in [5.41, 5.74) is 0.962. The van der Waals surface area contributed by atoms with E-state index in [1.165, 1.54) is 19.3 Å². The summed E-state index contributed by atoms with van der Waals surface area (Å²) in [5.74, 6) is 0.0158. The van der Waals surface area contributed by atoms with Crippen LogP contribution in [0.2, 0.25) is 0 Å². The van der Waals surface area contributed by atoms with Gasteiger partial charge in [0.1, 0.15) is 17.9 Å². The summed E-state index contributed by atoms with van der Waals surface area (Å²) >= 11 is 0.